The first-order chi connectivity index (χ1) is 11.5. The Labute approximate surface area is 142 Å². The van der Waals surface area contributed by atoms with Gasteiger partial charge in [-0.15, -0.1) is 0 Å². The number of carbonyl (C=O) groups is 2. The molecule has 0 aliphatic carbocycles. The molecule has 2 heterocycles. The standard InChI is InChI=1S/C19H25NO4/c1-12-5-7-14(8-6-12)17-16(4-3-11-24-17)18(21)20-10-9-15(13(20)2)19(22)23/h5-8,13,15-17H,3-4,9-11H2,1-2H3,(H,22,23). The minimum atomic E-state index is -0.812. The lowest BCUT2D eigenvalue weighted by Crippen LogP contribution is -2.44. The lowest BCUT2D eigenvalue weighted by molar-refractivity contribution is -0.148. The second kappa shape index (κ2) is 6.93. The van der Waals surface area contributed by atoms with Crippen LogP contribution in [0.3, 0.4) is 0 Å². The van der Waals surface area contributed by atoms with Crippen molar-refractivity contribution in [1.29, 1.82) is 0 Å². The fourth-order valence-electron chi connectivity index (χ4n) is 3.91. The van der Waals surface area contributed by atoms with E-state index in [1.165, 1.54) is 5.56 Å². The van der Waals surface area contributed by atoms with E-state index in [9.17, 15) is 14.7 Å². The molecule has 0 aromatic heterocycles. The molecule has 0 radical (unpaired) electrons. The number of rotatable bonds is 3. The molecule has 1 N–H and O–H groups in total. The lowest BCUT2D eigenvalue weighted by Gasteiger charge is -2.35. The van der Waals surface area contributed by atoms with Gasteiger partial charge in [-0.3, -0.25) is 9.59 Å². The average molecular weight is 331 g/mol. The molecular weight excluding hydrogens is 306 g/mol. The van der Waals surface area contributed by atoms with Gasteiger partial charge in [-0.2, -0.15) is 0 Å². The van der Waals surface area contributed by atoms with Gasteiger partial charge in [0.15, 0.2) is 0 Å². The highest BCUT2D eigenvalue weighted by Gasteiger charge is 2.43. The zero-order valence-electron chi connectivity index (χ0n) is 14.3. The number of amides is 1. The van der Waals surface area contributed by atoms with Gasteiger partial charge in [0.2, 0.25) is 5.91 Å². The van der Waals surface area contributed by atoms with Crippen molar-refractivity contribution in [2.24, 2.45) is 11.8 Å². The van der Waals surface area contributed by atoms with Crippen LogP contribution in [0.4, 0.5) is 0 Å². The largest absolute Gasteiger partial charge is 0.481 e. The van der Waals surface area contributed by atoms with Crippen LogP contribution >= 0.6 is 0 Å². The average Bonchev–Trinajstić information content (AvgIpc) is 2.97. The van der Waals surface area contributed by atoms with Crippen LogP contribution in [0.1, 0.15) is 43.4 Å². The quantitative estimate of drug-likeness (QED) is 0.925. The van der Waals surface area contributed by atoms with Gasteiger partial charge in [-0.05, 0) is 38.7 Å². The molecule has 130 valence electrons. The van der Waals surface area contributed by atoms with Crippen LogP contribution in [0.5, 0.6) is 0 Å². The molecule has 0 saturated carbocycles. The fourth-order valence-corrected chi connectivity index (χ4v) is 3.91. The number of aliphatic carboxylic acids is 1. The maximum Gasteiger partial charge on any atom is 0.308 e. The predicted octanol–water partition coefficient (Wildman–Crippen LogP) is 2.78. The van der Waals surface area contributed by atoms with Crippen molar-refractivity contribution in [2.75, 3.05) is 13.2 Å². The van der Waals surface area contributed by atoms with Crippen molar-refractivity contribution < 1.29 is 19.4 Å². The maximum absolute atomic E-state index is 13.1. The number of ether oxygens (including phenoxy) is 1. The van der Waals surface area contributed by atoms with Gasteiger partial charge in [0, 0.05) is 19.2 Å². The van der Waals surface area contributed by atoms with Crippen molar-refractivity contribution in [2.45, 2.75) is 45.3 Å². The summed E-state index contributed by atoms with van der Waals surface area (Å²) in [5.74, 6) is -1.46. The minimum Gasteiger partial charge on any atom is -0.481 e. The highest BCUT2D eigenvalue weighted by Crippen LogP contribution is 2.37. The molecule has 2 aliphatic rings. The smallest absolute Gasteiger partial charge is 0.308 e. The SMILES string of the molecule is Cc1ccc(C2OCCCC2C(=O)N2CCC(C(=O)O)C2C)cc1. The Morgan fingerprint density at radius 2 is 1.88 bits per heavy atom. The molecular formula is C19H25NO4. The van der Waals surface area contributed by atoms with E-state index in [1.54, 1.807) is 4.90 Å². The first kappa shape index (κ1) is 17.0. The van der Waals surface area contributed by atoms with E-state index in [1.807, 2.05) is 38.1 Å². The van der Waals surface area contributed by atoms with Crippen LogP contribution in [0.2, 0.25) is 0 Å². The topological polar surface area (TPSA) is 66.8 Å². The normalized spacial score (nSPS) is 30.3. The molecule has 2 fully saturated rings. The molecule has 4 atom stereocenters. The number of hydrogen-bond acceptors (Lipinski definition) is 3. The van der Waals surface area contributed by atoms with Crippen LogP contribution in [0, 0.1) is 18.8 Å². The number of carboxylic acid groups (broad SMARTS) is 1. The zero-order chi connectivity index (χ0) is 17.3. The number of carbonyl (C=O) groups excluding carboxylic acids is 1. The van der Waals surface area contributed by atoms with Crippen molar-refractivity contribution in [3.8, 4) is 0 Å². The van der Waals surface area contributed by atoms with Gasteiger partial charge in [-0.1, -0.05) is 29.8 Å². The maximum atomic E-state index is 13.1. The second-order valence-electron chi connectivity index (χ2n) is 6.96. The predicted molar refractivity (Wildman–Crippen MR) is 89.5 cm³/mol. The Morgan fingerprint density at radius 1 is 1.17 bits per heavy atom. The van der Waals surface area contributed by atoms with E-state index in [0.29, 0.717) is 19.6 Å². The summed E-state index contributed by atoms with van der Waals surface area (Å²) in [5, 5.41) is 9.29. The number of likely N-dealkylation sites (tertiary alicyclic amines) is 1. The van der Waals surface area contributed by atoms with E-state index in [4.69, 9.17) is 4.74 Å². The van der Waals surface area contributed by atoms with Crippen molar-refractivity contribution >= 4 is 11.9 Å². The van der Waals surface area contributed by atoms with Gasteiger partial charge in [0.05, 0.1) is 17.9 Å². The summed E-state index contributed by atoms with van der Waals surface area (Å²) in [6, 6.07) is 7.87. The van der Waals surface area contributed by atoms with Gasteiger partial charge < -0.3 is 14.7 Å². The van der Waals surface area contributed by atoms with Gasteiger partial charge in [0.1, 0.15) is 0 Å². The lowest BCUT2D eigenvalue weighted by atomic mass is 9.87. The number of hydrogen-bond donors (Lipinski definition) is 1. The molecule has 5 heteroatoms. The van der Waals surface area contributed by atoms with Gasteiger partial charge in [-0.25, -0.2) is 0 Å². The van der Waals surface area contributed by atoms with Gasteiger partial charge >= 0.3 is 5.97 Å². The van der Waals surface area contributed by atoms with E-state index in [-0.39, 0.29) is 24.0 Å². The van der Waals surface area contributed by atoms with E-state index in [0.717, 1.165) is 18.4 Å². The Morgan fingerprint density at radius 3 is 2.50 bits per heavy atom. The van der Waals surface area contributed by atoms with Crippen LogP contribution < -0.4 is 0 Å². The third-order valence-electron chi connectivity index (χ3n) is 5.40. The Balaban J connectivity index is 1.79. The molecule has 1 amide bonds. The molecule has 4 unspecified atom stereocenters. The zero-order valence-corrected chi connectivity index (χ0v) is 14.3. The summed E-state index contributed by atoms with van der Waals surface area (Å²) in [7, 11) is 0. The molecule has 24 heavy (non-hydrogen) atoms. The highest BCUT2D eigenvalue weighted by molar-refractivity contribution is 5.82. The Kier molecular flexibility index (Phi) is 4.90. The van der Waals surface area contributed by atoms with E-state index < -0.39 is 11.9 Å². The van der Waals surface area contributed by atoms with E-state index >= 15 is 0 Å². The summed E-state index contributed by atoms with van der Waals surface area (Å²) in [6.07, 6.45) is 1.95. The summed E-state index contributed by atoms with van der Waals surface area (Å²) in [6.45, 7) is 5.06. The highest BCUT2D eigenvalue weighted by atomic mass is 16.5. The van der Waals surface area contributed by atoms with Crippen molar-refractivity contribution in [3.63, 3.8) is 0 Å². The molecule has 2 saturated heterocycles. The summed E-state index contributed by atoms with van der Waals surface area (Å²) >= 11 is 0. The third kappa shape index (κ3) is 3.18. The van der Waals surface area contributed by atoms with Crippen molar-refractivity contribution in [3.05, 3.63) is 35.4 Å². The minimum absolute atomic E-state index is 0.0384. The third-order valence-corrected chi connectivity index (χ3v) is 5.40. The second-order valence-corrected chi connectivity index (χ2v) is 6.96. The first-order valence-electron chi connectivity index (χ1n) is 8.70. The monoisotopic (exact) mass is 331 g/mol. The molecule has 0 spiro atoms. The molecule has 0 bridgehead atoms. The van der Waals surface area contributed by atoms with Crippen LogP contribution in [-0.4, -0.2) is 41.1 Å². The molecule has 5 nitrogen and oxygen atoms in total. The summed E-state index contributed by atoms with van der Waals surface area (Å²) in [5.41, 5.74) is 2.20. The van der Waals surface area contributed by atoms with E-state index in [2.05, 4.69) is 0 Å². The Bertz CT molecular complexity index is 612. The number of nitrogens with zero attached hydrogens (tertiary/aromatic N) is 1. The first-order valence-corrected chi connectivity index (χ1v) is 8.70. The Hall–Kier alpha value is -1.88. The van der Waals surface area contributed by atoms with Crippen molar-refractivity contribution in [1.82, 2.24) is 4.90 Å². The fraction of sp³-hybridized carbons (Fsp3) is 0.579. The molecule has 3 rings (SSSR count). The number of carboxylic acids is 1. The molecule has 1 aromatic rings. The molecule has 1 aromatic carbocycles. The van der Waals surface area contributed by atoms with Crippen LogP contribution in [0.15, 0.2) is 24.3 Å². The number of benzene rings is 1. The van der Waals surface area contributed by atoms with Crippen LogP contribution in [-0.2, 0) is 14.3 Å². The molecule has 2 aliphatic heterocycles. The van der Waals surface area contributed by atoms with Gasteiger partial charge in [0.25, 0.3) is 0 Å². The summed E-state index contributed by atoms with van der Waals surface area (Å²) in [4.78, 5) is 26.1. The van der Waals surface area contributed by atoms with Crippen LogP contribution in [0.25, 0.3) is 0 Å². The number of aryl methyl sites for hydroxylation is 1. The summed E-state index contributed by atoms with van der Waals surface area (Å²) < 4.78 is 5.94.